The predicted molar refractivity (Wildman–Crippen MR) is 78.5 cm³/mol. The highest BCUT2D eigenvalue weighted by Crippen LogP contribution is 2.17. The zero-order valence-electron chi connectivity index (χ0n) is 11.0. The van der Waals surface area contributed by atoms with Gasteiger partial charge in [0.1, 0.15) is 5.82 Å². The van der Waals surface area contributed by atoms with Crippen LogP contribution in [0.1, 0.15) is 29.7 Å². The number of thiophene rings is 1. The summed E-state index contributed by atoms with van der Waals surface area (Å²) in [6.45, 7) is 2.55. The Balaban J connectivity index is 2.13. The molecule has 1 heterocycles. The zero-order valence-corrected chi connectivity index (χ0v) is 11.8. The Kier molecular flexibility index (Phi) is 4.70. The van der Waals surface area contributed by atoms with Gasteiger partial charge in [0.25, 0.3) is 0 Å². The van der Waals surface area contributed by atoms with Crippen molar-refractivity contribution in [1.82, 2.24) is 5.32 Å². The number of amidine groups is 1. The normalized spacial score (nSPS) is 13.4. The fourth-order valence-electron chi connectivity index (χ4n) is 1.90. The molecule has 0 aliphatic carbocycles. The minimum atomic E-state index is -0.416. The van der Waals surface area contributed by atoms with Crippen LogP contribution >= 0.6 is 11.3 Å². The summed E-state index contributed by atoms with van der Waals surface area (Å²) in [6.07, 6.45) is 0. The van der Waals surface area contributed by atoms with Crippen LogP contribution in [0.3, 0.4) is 0 Å². The van der Waals surface area contributed by atoms with Gasteiger partial charge < -0.3 is 16.3 Å². The molecule has 4 nitrogen and oxygen atoms in total. The van der Waals surface area contributed by atoms with E-state index in [1.165, 1.54) is 17.7 Å². The molecule has 6 heteroatoms. The molecule has 0 saturated heterocycles. The Bertz CT molecular complexity index is 598. The topological polar surface area (TPSA) is 70.6 Å². The van der Waals surface area contributed by atoms with E-state index in [1.54, 1.807) is 17.4 Å². The van der Waals surface area contributed by atoms with Gasteiger partial charge in [-0.3, -0.25) is 0 Å². The van der Waals surface area contributed by atoms with E-state index in [-0.39, 0.29) is 11.9 Å². The number of rotatable bonds is 5. The van der Waals surface area contributed by atoms with Crippen molar-refractivity contribution in [3.63, 3.8) is 0 Å². The summed E-state index contributed by atoms with van der Waals surface area (Å²) in [5, 5.41) is 19.1. The molecular formula is C14H16FN3OS. The third kappa shape index (κ3) is 3.34. The molecule has 1 aromatic heterocycles. The van der Waals surface area contributed by atoms with E-state index >= 15 is 0 Å². The molecule has 1 unspecified atom stereocenters. The average molecular weight is 293 g/mol. The van der Waals surface area contributed by atoms with Crippen molar-refractivity contribution in [2.24, 2.45) is 10.9 Å². The number of nitrogens with one attached hydrogen (secondary N) is 1. The van der Waals surface area contributed by atoms with E-state index in [9.17, 15) is 4.39 Å². The van der Waals surface area contributed by atoms with Gasteiger partial charge in [0.15, 0.2) is 5.84 Å². The van der Waals surface area contributed by atoms with Gasteiger partial charge in [-0.1, -0.05) is 11.2 Å². The Morgan fingerprint density at radius 3 is 2.95 bits per heavy atom. The summed E-state index contributed by atoms with van der Waals surface area (Å²) < 4.78 is 13.3. The summed E-state index contributed by atoms with van der Waals surface area (Å²) in [5.41, 5.74) is 7.95. The molecule has 0 bridgehead atoms. The van der Waals surface area contributed by atoms with Crippen molar-refractivity contribution in [2.75, 3.05) is 0 Å². The third-order valence-corrected chi connectivity index (χ3v) is 3.80. The van der Waals surface area contributed by atoms with E-state index in [1.807, 2.05) is 5.38 Å². The Morgan fingerprint density at radius 2 is 2.30 bits per heavy atom. The lowest BCUT2D eigenvalue weighted by molar-refractivity contribution is 0.318. The largest absolute Gasteiger partial charge is 0.409 e. The molecule has 0 saturated carbocycles. The standard InChI is InChI=1S/C14H16FN3OS/c1-9(11-4-5-20-8-11)17-7-10-2-3-12(15)6-13(10)14(16)18-19/h2-6,8-9,17,19H,7H2,1H3,(H2,16,18). The van der Waals surface area contributed by atoms with Crippen LogP contribution in [0.2, 0.25) is 0 Å². The van der Waals surface area contributed by atoms with Crippen LogP contribution in [0.5, 0.6) is 0 Å². The lowest BCUT2D eigenvalue weighted by atomic mass is 10.1. The van der Waals surface area contributed by atoms with Crippen LogP contribution in [0.25, 0.3) is 0 Å². The first kappa shape index (κ1) is 14.5. The number of oxime groups is 1. The number of hydrogen-bond acceptors (Lipinski definition) is 4. The maximum atomic E-state index is 13.3. The van der Waals surface area contributed by atoms with Gasteiger partial charge in [0.2, 0.25) is 0 Å². The summed E-state index contributed by atoms with van der Waals surface area (Å²) in [4.78, 5) is 0. The van der Waals surface area contributed by atoms with Crippen LogP contribution in [-0.2, 0) is 6.54 Å². The molecule has 1 aromatic carbocycles. The zero-order chi connectivity index (χ0) is 14.5. The van der Waals surface area contributed by atoms with Gasteiger partial charge in [-0.15, -0.1) is 0 Å². The first-order valence-corrected chi connectivity index (χ1v) is 7.08. The van der Waals surface area contributed by atoms with Crippen LogP contribution < -0.4 is 11.1 Å². The van der Waals surface area contributed by atoms with E-state index < -0.39 is 5.82 Å². The molecule has 0 radical (unpaired) electrons. The van der Waals surface area contributed by atoms with Gasteiger partial charge in [-0.2, -0.15) is 11.3 Å². The van der Waals surface area contributed by atoms with Crippen LogP contribution in [0, 0.1) is 5.82 Å². The van der Waals surface area contributed by atoms with E-state index in [0.717, 1.165) is 5.56 Å². The number of benzene rings is 1. The molecule has 106 valence electrons. The van der Waals surface area contributed by atoms with Crippen molar-refractivity contribution in [3.8, 4) is 0 Å². The molecule has 0 aliphatic rings. The van der Waals surface area contributed by atoms with Crippen molar-refractivity contribution in [2.45, 2.75) is 19.5 Å². The van der Waals surface area contributed by atoms with Crippen molar-refractivity contribution in [3.05, 3.63) is 57.5 Å². The summed E-state index contributed by atoms with van der Waals surface area (Å²) in [5.74, 6) is -0.509. The monoisotopic (exact) mass is 293 g/mol. The lowest BCUT2D eigenvalue weighted by Crippen LogP contribution is -2.22. The minimum absolute atomic E-state index is 0.0931. The Hall–Kier alpha value is -1.92. The molecule has 2 rings (SSSR count). The van der Waals surface area contributed by atoms with Gasteiger partial charge >= 0.3 is 0 Å². The van der Waals surface area contributed by atoms with Crippen LogP contribution in [-0.4, -0.2) is 11.0 Å². The molecule has 0 aliphatic heterocycles. The Morgan fingerprint density at radius 1 is 1.50 bits per heavy atom. The summed E-state index contributed by atoms with van der Waals surface area (Å²) >= 11 is 1.64. The van der Waals surface area contributed by atoms with Gasteiger partial charge in [0, 0.05) is 18.2 Å². The first-order valence-electron chi connectivity index (χ1n) is 6.13. The van der Waals surface area contributed by atoms with Crippen LogP contribution in [0.15, 0.2) is 40.2 Å². The van der Waals surface area contributed by atoms with Crippen molar-refractivity contribution >= 4 is 17.2 Å². The third-order valence-electron chi connectivity index (χ3n) is 3.10. The molecular weight excluding hydrogens is 277 g/mol. The number of halogens is 1. The van der Waals surface area contributed by atoms with Crippen molar-refractivity contribution in [1.29, 1.82) is 0 Å². The predicted octanol–water partition coefficient (Wildman–Crippen LogP) is 2.83. The second-order valence-corrected chi connectivity index (χ2v) is 5.23. The fourth-order valence-corrected chi connectivity index (χ4v) is 2.65. The van der Waals surface area contributed by atoms with Gasteiger partial charge in [0.05, 0.1) is 0 Å². The molecule has 4 N–H and O–H groups in total. The SMILES string of the molecule is CC(NCc1ccc(F)cc1C(N)=NO)c1ccsc1. The number of hydrogen-bond donors (Lipinski definition) is 3. The molecule has 0 spiro atoms. The van der Waals surface area contributed by atoms with E-state index in [0.29, 0.717) is 12.1 Å². The van der Waals surface area contributed by atoms with E-state index in [4.69, 9.17) is 10.9 Å². The maximum absolute atomic E-state index is 13.3. The molecule has 1 atom stereocenters. The highest BCUT2D eigenvalue weighted by molar-refractivity contribution is 7.07. The molecule has 20 heavy (non-hydrogen) atoms. The highest BCUT2D eigenvalue weighted by atomic mass is 32.1. The summed E-state index contributed by atoms with van der Waals surface area (Å²) in [6, 6.07) is 6.49. The van der Waals surface area contributed by atoms with Gasteiger partial charge in [-0.25, -0.2) is 4.39 Å². The average Bonchev–Trinajstić information content (AvgIpc) is 2.99. The second kappa shape index (κ2) is 6.49. The fraction of sp³-hybridized carbons (Fsp3) is 0.214. The second-order valence-electron chi connectivity index (χ2n) is 4.45. The quantitative estimate of drug-likeness (QED) is 0.343. The lowest BCUT2D eigenvalue weighted by Gasteiger charge is -2.14. The smallest absolute Gasteiger partial charge is 0.170 e. The number of nitrogens with zero attached hydrogens (tertiary/aromatic N) is 1. The first-order chi connectivity index (χ1) is 9.61. The highest BCUT2D eigenvalue weighted by Gasteiger charge is 2.11. The molecule has 2 aromatic rings. The molecule has 0 fully saturated rings. The minimum Gasteiger partial charge on any atom is -0.409 e. The Labute approximate surface area is 120 Å². The van der Waals surface area contributed by atoms with Crippen molar-refractivity contribution < 1.29 is 9.60 Å². The molecule has 0 amide bonds. The van der Waals surface area contributed by atoms with Gasteiger partial charge in [-0.05, 0) is 47.0 Å². The number of nitrogens with two attached hydrogens (primary N) is 1. The maximum Gasteiger partial charge on any atom is 0.170 e. The summed E-state index contributed by atoms with van der Waals surface area (Å²) in [7, 11) is 0. The van der Waals surface area contributed by atoms with Crippen LogP contribution in [0.4, 0.5) is 4.39 Å². The van der Waals surface area contributed by atoms with E-state index in [2.05, 4.69) is 28.8 Å².